The minimum absolute atomic E-state index is 0.0542. The van der Waals surface area contributed by atoms with Crippen LogP contribution in [0.15, 0.2) is 24.3 Å². The van der Waals surface area contributed by atoms with Gasteiger partial charge in [0.25, 0.3) is 5.91 Å². The van der Waals surface area contributed by atoms with Crippen LogP contribution >= 0.6 is 0 Å². The van der Waals surface area contributed by atoms with Crippen molar-refractivity contribution < 1.29 is 19.2 Å². The Labute approximate surface area is 171 Å². The van der Waals surface area contributed by atoms with Crippen LogP contribution in [0.1, 0.15) is 63.7 Å². The topological polar surface area (TPSA) is 95.6 Å². The number of carbonyl (C=O) groups is 4. The van der Waals surface area contributed by atoms with E-state index in [-0.39, 0.29) is 30.1 Å². The molecule has 1 aromatic carbocycles. The predicted molar refractivity (Wildman–Crippen MR) is 109 cm³/mol. The maximum absolute atomic E-state index is 13.0. The molecule has 156 valence electrons. The van der Waals surface area contributed by atoms with E-state index in [1.165, 1.54) is 0 Å². The van der Waals surface area contributed by atoms with Crippen molar-refractivity contribution >= 4 is 29.3 Å². The van der Waals surface area contributed by atoms with E-state index in [9.17, 15) is 19.2 Å². The molecule has 3 rings (SSSR count). The lowest BCUT2D eigenvalue weighted by atomic mass is 9.73. The van der Waals surface area contributed by atoms with Crippen LogP contribution in [0.4, 0.5) is 10.5 Å². The lowest BCUT2D eigenvalue weighted by Crippen LogP contribution is -2.54. The summed E-state index contributed by atoms with van der Waals surface area (Å²) in [6.07, 6.45) is 3.43. The van der Waals surface area contributed by atoms with Gasteiger partial charge in [-0.2, -0.15) is 0 Å². The highest BCUT2D eigenvalue weighted by Crippen LogP contribution is 2.38. The highest BCUT2D eigenvalue weighted by molar-refractivity contribution is 6.11. The van der Waals surface area contributed by atoms with E-state index in [0.29, 0.717) is 17.7 Å². The first kappa shape index (κ1) is 21.0. The molecule has 0 unspecified atom stereocenters. The molecular weight excluding hydrogens is 370 g/mol. The number of urea groups is 1. The third-order valence-corrected chi connectivity index (χ3v) is 5.95. The van der Waals surface area contributed by atoms with Crippen LogP contribution in [0.3, 0.4) is 0 Å². The summed E-state index contributed by atoms with van der Waals surface area (Å²) in [5.41, 5.74) is -0.413. The number of ketones is 1. The monoisotopic (exact) mass is 399 g/mol. The molecule has 4 amide bonds. The molecule has 1 aliphatic carbocycles. The number of carbonyl (C=O) groups excluding carboxylic acids is 4. The highest BCUT2D eigenvalue weighted by Gasteiger charge is 2.55. The Morgan fingerprint density at radius 3 is 2.41 bits per heavy atom. The lowest BCUT2D eigenvalue weighted by Gasteiger charge is -2.36. The van der Waals surface area contributed by atoms with Gasteiger partial charge in [0.05, 0.1) is 6.54 Å². The summed E-state index contributed by atoms with van der Waals surface area (Å²) in [6, 6.07) is 5.99. The van der Waals surface area contributed by atoms with Gasteiger partial charge in [0.1, 0.15) is 5.54 Å². The molecule has 1 spiro atoms. The van der Waals surface area contributed by atoms with Gasteiger partial charge in [-0.15, -0.1) is 0 Å². The van der Waals surface area contributed by atoms with Crippen molar-refractivity contribution in [2.24, 2.45) is 11.3 Å². The van der Waals surface area contributed by atoms with E-state index < -0.39 is 17.0 Å². The van der Waals surface area contributed by atoms with Gasteiger partial charge in [-0.1, -0.05) is 40.5 Å². The summed E-state index contributed by atoms with van der Waals surface area (Å²) in [5.74, 6) is -0.679. The average molecular weight is 399 g/mol. The minimum atomic E-state index is -0.864. The number of imide groups is 1. The smallest absolute Gasteiger partial charge is 0.325 e. The Morgan fingerprint density at radius 1 is 1.17 bits per heavy atom. The van der Waals surface area contributed by atoms with Crippen molar-refractivity contribution in [3.8, 4) is 0 Å². The first-order valence-corrected chi connectivity index (χ1v) is 10.1. The second-order valence-corrected chi connectivity index (χ2v) is 9.14. The van der Waals surface area contributed by atoms with Crippen molar-refractivity contribution in [2.45, 2.75) is 58.9 Å². The molecule has 1 saturated heterocycles. The van der Waals surface area contributed by atoms with Crippen LogP contribution < -0.4 is 10.6 Å². The number of nitrogens with one attached hydrogen (secondary N) is 2. The molecule has 0 radical (unpaired) electrons. The fourth-order valence-electron chi connectivity index (χ4n) is 3.93. The average Bonchev–Trinajstić information content (AvgIpc) is 2.89. The quantitative estimate of drug-likeness (QED) is 0.599. The summed E-state index contributed by atoms with van der Waals surface area (Å²) in [4.78, 5) is 51.2. The second-order valence-electron chi connectivity index (χ2n) is 9.14. The van der Waals surface area contributed by atoms with Gasteiger partial charge in [-0.05, 0) is 43.0 Å². The zero-order valence-corrected chi connectivity index (χ0v) is 17.5. The molecule has 7 nitrogen and oxygen atoms in total. The third-order valence-electron chi connectivity index (χ3n) is 5.95. The summed E-state index contributed by atoms with van der Waals surface area (Å²) < 4.78 is 0. The largest absolute Gasteiger partial charge is 0.326 e. The van der Waals surface area contributed by atoms with Crippen molar-refractivity contribution in [3.63, 3.8) is 0 Å². The Morgan fingerprint density at radius 2 is 1.83 bits per heavy atom. The molecule has 1 saturated carbocycles. The molecule has 1 aromatic rings. The summed E-state index contributed by atoms with van der Waals surface area (Å²) >= 11 is 0. The van der Waals surface area contributed by atoms with Gasteiger partial charge in [0, 0.05) is 16.7 Å². The van der Waals surface area contributed by atoms with Gasteiger partial charge in [0.2, 0.25) is 5.91 Å². The second kappa shape index (κ2) is 7.61. The highest BCUT2D eigenvalue weighted by atomic mass is 16.2. The molecule has 7 heteroatoms. The number of Topliss-reactive ketones (excluding diaryl/α,β-unsaturated/α-hetero) is 1. The lowest BCUT2D eigenvalue weighted by molar-refractivity contribution is -0.134. The van der Waals surface area contributed by atoms with Crippen LogP contribution in [0.5, 0.6) is 0 Å². The van der Waals surface area contributed by atoms with E-state index >= 15 is 0 Å². The van der Waals surface area contributed by atoms with Crippen molar-refractivity contribution in [3.05, 3.63) is 29.8 Å². The number of hydrogen-bond donors (Lipinski definition) is 2. The summed E-state index contributed by atoms with van der Waals surface area (Å²) in [5, 5.41) is 5.66. The Hall–Kier alpha value is -2.70. The molecule has 2 atom stereocenters. The number of anilines is 1. The van der Waals surface area contributed by atoms with Crippen molar-refractivity contribution in [1.29, 1.82) is 0 Å². The van der Waals surface area contributed by atoms with E-state index in [0.717, 1.165) is 24.2 Å². The molecule has 0 aromatic heterocycles. The molecule has 1 aliphatic heterocycles. The SMILES string of the molecule is C[C@H]1CCCC[C@]12NC(=O)N(CC(=O)c1ccc(NC(=O)C(C)(C)C)cc1)C2=O. The van der Waals surface area contributed by atoms with Crippen molar-refractivity contribution in [2.75, 3.05) is 11.9 Å². The Bertz CT molecular complexity index is 841. The maximum atomic E-state index is 13.0. The zero-order valence-electron chi connectivity index (χ0n) is 17.5. The third kappa shape index (κ3) is 4.04. The van der Waals surface area contributed by atoms with Gasteiger partial charge >= 0.3 is 6.03 Å². The number of rotatable bonds is 4. The molecule has 2 aliphatic rings. The van der Waals surface area contributed by atoms with Crippen LogP contribution in [-0.4, -0.2) is 40.6 Å². The van der Waals surface area contributed by atoms with E-state index in [1.54, 1.807) is 24.3 Å². The first-order chi connectivity index (χ1) is 13.5. The molecular formula is C22H29N3O4. The fourth-order valence-corrected chi connectivity index (χ4v) is 3.93. The molecule has 1 heterocycles. The Balaban J connectivity index is 1.68. The van der Waals surface area contributed by atoms with Crippen LogP contribution in [-0.2, 0) is 9.59 Å². The standard InChI is InChI=1S/C22H29N3O4/c1-14-7-5-6-12-22(14)19(28)25(20(29)24-22)13-17(26)15-8-10-16(11-9-15)23-18(27)21(2,3)4/h8-11,14H,5-7,12-13H2,1-4H3,(H,23,27)(H,24,29)/t14-,22-/m0/s1. The Kier molecular flexibility index (Phi) is 5.52. The number of amides is 4. The number of benzene rings is 1. The minimum Gasteiger partial charge on any atom is -0.326 e. The van der Waals surface area contributed by atoms with E-state index in [2.05, 4.69) is 10.6 Å². The van der Waals surface area contributed by atoms with Crippen LogP contribution in [0.2, 0.25) is 0 Å². The van der Waals surface area contributed by atoms with E-state index in [4.69, 9.17) is 0 Å². The molecule has 2 fully saturated rings. The molecule has 2 N–H and O–H groups in total. The van der Waals surface area contributed by atoms with E-state index in [1.807, 2.05) is 27.7 Å². The van der Waals surface area contributed by atoms with Gasteiger partial charge in [-0.3, -0.25) is 19.3 Å². The molecule has 0 bridgehead atoms. The van der Waals surface area contributed by atoms with Gasteiger partial charge in [0.15, 0.2) is 5.78 Å². The van der Waals surface area contributed by atoms with Crippen molar-refractivity contribution in [1.82, 2.24) is 10.2 Å². The van der Waals surface area contributed by atoms with Gasteiger partial charge < -0.3 is 10.6 Å². The van der Waals surface area contributed by atoms with Gasteiger partial charge in [-0.25, -0.2) is 4.79 Å². The van der Waals surface area contributed by atoms with Crippen LogP contribution in [0.25, 0.3) is 0 Å². The maximum Gasteiger partial charge on any atom is 0.325 e. The summed E-state index contributed by atoms with van der Waals surface area (Å²) in [6.45, 7) is 7.15. The molecule has 29 heavy (non-hydrogen) atoms. The normalized spacial score (nSPS) is 24.6. The fraction of sp³-hybridized carbons (Fsp3) is 0.545. The first-order valence-electron chi connectivity index (χ1n) is 10.1. The summed E-state index contributed by atoms with van der Waals surface area (Å²) in [7, 11) is 0. The predicted octanol–water partition coefficient (Wildman–Crippen LogP) is 3.35. The number of nitrogens with zero attached hydrogens (tertiary/aromatic N) is 1. The zero-order chi connectivity index (χ0) is 21.4. The van der Waals surface area contributed by atoms with Crippen LogP contribution in [0, 0.1) is 11.3 Å². The number of hydrogen-bond acceptors (Lipinski definition) is 4.